The van der Waals surface area contributed by atoms with Crippen molar-refractivity contribution in [2.75, 3.05) is 25.0 Å². The van der Waals surface area contributed by atoms with Gasteiger partial charge in [0.1, 0.15) is 12.1 Å². The number of benzene rings is 1. The molecular formula is C19H24N6. The molecule has 130 valence electrons. The monoisotopic (exact) mass is 336 g/mol. The molecule has 6 nitrogen and oxygen atoms in total. The lowest BCUT2D eigenvalue weighted by Crippen LogP contribution is -2.37. The SMILES string of the molecule is Cn1ncc2c(NC[C@H]3CCCN(Cc4ccccc4)C3)ncnc21. The van der Waals surface area contributed by atoms with Gasteiger partial charge in [-0.3, -0.25) is 9.58 Å². The summed E-state index contributed by atoms with van der Waals surface area (Å²) in [5, 5.41) is 8.79. The first-order valence-electron chi connectivity index (χ1n) is 8.92. The zero-order valence-corrected chi connectivity index (χ0v) is 14.6. The van der Waals surface area contributed by atoms with Gasteiger partial charge in [-0.25, -0.2) is 9.97 Å². The van der Waals surface area contributed by atoms with E-state index >= 15 is 0 Å². The summed E-state index contributed by atoms with van der Waals surface area (Å²) >= 11 is 0. The third-order valence-corrected chi connectivity index (χ3v) is 4.94. The molecule has 1 N–H and O–H groups in total. The van der Waals surface area contributed by atoms with Crippen molar-refractivity contribution in [3.8, 4) is 0 Å². The summed E-state index contributed by atoms with van der Waals surface area (Å²) < 4.78 is 1.78. The number of nitrogens with one attached hydrogen (secondary N) is 1. The molecule has 0 radical (unpaired) electrons. The van der Waals surface area contributed by atoms with Gasteiger partial charge in [0.15, 0.2) is 5.65 Å². The second-order valence-electron chi connectivity index (χ2n) is 6.84. The van der Waals surface area contributed by atoms with Crippen LogP contribution in [0.15, 0.2) is 42.9 Å². The van der Waals surface area contributed by atoms with Gasteiger partial charge >= 0.3 is 0 Å². The van der Waals surface area contributed by atoms with Gasteiger partial charge in [0.05, 0.1) is 11.6 Å². The molecule has 0 amide bonds. The van der Waals surface area contributed by atoms with E-state index in [1.807, 2.05) is 13.2 Å². The number of anilines is 1. The predicted molar refractivity (Wildman–Crippen MR) is 99.2 cm³/mol. The van der Waals surface area contributed by atoms with Crippen LogP contribution in [0, 0.1) is 5.92 Å². The van der Waals surface area contributed by atoms with Crippen LogP contribution in [0.25, 0.3) is 11.0 Å². The molecule has 3 aromatic rings. The number of nitrogens with zero attached hydrogens (tertiary/aromatic N) is 5. The molecule has 1 saturated heterocycles. The number of rotatable bonds is 5. The summed E-state index contributed by atoms with van der Waals surface area (Å²) in [6, 6.07) is 10.7. The Balaban J connectivity index is 1.37. The molecule has 1 atom stereocenters. The molecule has 0 saturated carbocycles. The van der Waals surface area contributed by atoms with Crippen LogP contribution in [0.3, 0.4) is 0 Å². The van der Waals surface area contributed by atoms with Crippen LogP contribution in [0.2, 0.25) is 0 Å². The van der Waals surface area contributed by atoms with Crippen molar-refractivity contribution in [1.29, 1.82) is 0 Å². The van der Waals surface area contributed by atoms with Gasteiger partial charge in [0, 0.05) is 26.7 Å². The Labute approximate surface area is 147 Å². The molecule has 0 aliphatic carbocycles. The van der Waals surface area contributed by atoms with Crippen molar-refractivity contribution >= 4 is 16.9 Å². The van der Waals surface area contributed by atoms with Gasteiger partial charge in [-0.15, -0.1) is 0 Å². The lowest BCUT2D eigenvalue weighted by molar-refractivity contribution is 0.173. The fourth-order valence-electron chi connectivity index (χ4n) is 3.65. The van der Waals surface area contributed by atoms with Crippen molar-refractivity contribution in [3.63, 3.8) is 0 Å². The Hall–Kier alpha value is -2.47. The molecule has 1 fully saturated rings. The van der Waals surface area contributed by atoms with Crippen LogP contribution >= 0.6 is 0 Å². The quantitative estimate of drug-likeness (QED) is 0.776. The minimum absolute atomic E-state index is 0.638. The van der Waals surface area contributed by atoms with Crippen molar-refractivity contribution in [2.24, 2.45) is 13.0 Å². The Bertz CT molecular complexity index is 828. The summed E-state index contributed by atoms with van der Waals surface area (Å²) in [7, 11) is 1.90. The molecule has 0 bridgehead atoms. The fourth-order valence-corrected chi connectivity index (χ4v) is 3.65. The molecule has 25 heavy (non-hydrogen) atoms. The lowest BCUT2D eigenvalue weighted by atomic mass is 9.97. The highest BCUT2D eigenvalue weighted by Crippen LogP contribution is 2.21. The molecule has 4 rings (SSSR count). The second-order valence-corrected chi connectivity index (χ2v) is 6.84. The van der Waals surface area contributed by atoms with Crippen molar-refractivity contribution in [3.05, 3.63) is 48.4 Å². The highest BCUT2D eigenvalue weighted by atomic mass is 15.3. The standard InChI is InChI=1S/C19H24N6/c1-24-19-17(11-23-24)18(21-14-22-19)20-10-16-8-5-9-25(13-16)12-15-6-3-2-4-7-15/h2-4,6-7,11,14,16H,5,8-10,12-13H2,1H3,(H,20,21,22)/t16-/m1/s1. The number of aryl methyl sites for hydroxylation is 1. The smallest absolute Gasteiger partial charge is 0.163 e. The minimum Gasteiger partial charge on any atom is -0.369 e. The predicted octanol–water partition coefficient (Wildman–Crippen LogP) is 2.69. The number of hydrogen-bond acceptors (Lipinski definition) is 5. The summed E-state index contributed by atoms with van der Waals surface area (Å²) in [6.45, 7) is 4.29. The average Bonchev–Trinajstić information content (AvgIpc) is 3.03. The summed E-state index contributed by atoms with van der Waals surface area (Å²) in [4.78, 5) is 11.3. The fraction of sp³-hybridized carbons (Fsp3) is 0.421. The van der Waals surface area contributed by atoms with E-state index in [1.165, 1.54) is 24.9 Å². The first-order valence-corrected chi connectivity index (χ1v) is 8.92. The summed E-state index contributed by atoms with van der Waals surface area (Å²) in [5.74, 6) is 1.53. The molecule has 0 unspecified atom stereocenters. The normalized spacial score (nSPS) is 18.5. The Morgan fingerprint density at radius 1 is 1.20 bits per heavy atom. The second kappa shape index (κ2) is 7.19. The van der Waals surface area contributed by atoms with E-state index in [1.54, 1.807) is 11.0 Å². The molecule has 6 heteroatoms. The largest absolute Gasteiger partial charge is 0.369 e. The minimum atomic E-state index is 0.638. The first kappa shape index (κ1) is 16.0. The summed E-state index contributed by atoms with van der Waals surface area (Å²) in [6.07, 6.45) is 5.96. The third-order valence-electron chi connectivity index (χ3n) is 4.94. The van der Waals surface area contributed by atoms with Gasteiger partial charge < -0.3 is 5.32 Å². The van der Waals surface area contributed by atoms with Crippen molar-refractivity contribution < 1.29 is 0 Å². The third kappa shape index (κ3) is 3.64. The number of fused-ring (bicyclic) bond motifs is 1. The molecule has 3 heterocycles. The van der Waals surface area contributed by atoms with E-state index in [-0.39, 0.29) is 0 Å². The topological polar surface area (TPSA) is 58.9 Å². The van der Waals surface area contributed by atoms with Crippen LogP contribution in [-0.4, -0.2) is 44.3 Å². The maximum atomic E-state index is 4.40. The highest BCUT2D eigenvalue weighted by molar-refractivity contribution is 5.85. The van der Waals surface area contributed by atoms with Crippen LogP contribution in [0.4, 0.5) is 5.82 Å². The molecule has 2 aromatic heterocycles. The van der Waals surface area contributed by atoms with E-state index in [0.29, 0.717) is 5.92 Å². The van der Waals surface area contributed by atoms with Gasteiger partial charge in [0.25, 0.3) is 0 Å². The molecule has 1 aliphatic heterocycles. The Morgan fingerprint density at radius 2 is 2.08 bits per heavy atom. The van der Waals surface area contributed by atoms with E-state index in [2.05, 4.69) is 55.6 Å². The average molecular weight is 336 g/mol. The van der Waals surface area contributed by atoms with Crippen LogP contribution in [-0.2, 0) is 13.6 Å². The first-order chi connectivity index (χ1) is 12.3. The van der Waals surface area contributed by atoms with Crippen LogP contribution in [0.1, 0.15) is 18.4 Å². The zero-order chi connectivity index (χ0) is 17.1. The summed E-state index contributed by atoms with van der Waals surface area (Å²) in [5.41, 5.74) is 2.26. The number of aromatic nitrogens is 4. The molecular weight excluding hydrogens is 312 g/mol. The van der Waals surface area contributed by atoms with Crippen molar-refractivity contribution in [1.82, 2.24) is 24.6 Å². The number of piperidine rings is 1. The van der Waals surface area contributed by atoms with Crippen LogP contribution in [0.5, 0.6) is 0 Å². The van der Waals surface area contributed by atoms with Crippen molar-refractivity contribution in [2.45, 2.75) is 19.4 Å². The van der Waals surface area contributed by atoms with Gasteiger partial charge in [-0.2, -0.15) is 5.10 Å². The molecule has 1 aromatic carbocycles. The lowest BCUT2D eigenvalue weighted by Gasteiger charge is -2.33. The molecule has 0 spiro atoms. The highest BCUT2D eigenvalue weighted by Gasteiger charge is 2.20. The maximum absolute atomic E-state index is 4.40. The Morgan fingerprint density at radius 3 is 2.96 bits per heavy atom. The number of hydrogen-bond donors (Lipinski definition) is 1. The van der Waals surface area contributed by atoms with Gasteiger partial charge in [-0.05, 0) is 30.9 Å². The van der Waals surface area contributed by atoms with E-state index < -0.39 is 0 Å². The van der Waals surface area contributed by atoms with Gasteiger partial charge in [0.2, 0.25) is 0 Å². The molecule has 1 aliphatic rings. The van der Waals surface area contributed by atoms with E-state index in [9.17, 15) is 0 Å². The van der Waals surface area contributed by atoms with E-state index in [0.717, 1.165) is 36.5 Å². The van der Waals surface area contributed by atoms with Gasteiger partial charge in [-0.1, -0.05) is 30.3 Å². The Kier molecular flexibility index (Phi) is 4.61. The number of likely N-dealkylation sites (tertiary alicyclic amines) is 1. The zero-order valence-electron chi connectivity index (χ0n) is 14.6. The van der Waals surface area contributed by atoms with E-state index in [4.69, 9.17) is 0 Å². The maximum Gasteiger partial charge on any atom is 0.163 e. The van der Waals surface area contributed by atoms with Crippen LogP contribution < -0.4 is 5.32 Å².